The molecule has 0 aliphatic carbocycles. The van der Waals surface area contributed by atoms with Crippen LogP contribution >= 0.6 is 0 Å². The number of aryl methyl sites for hydroxylation is 1. The summed E-state index contributed by atoms with van der Waals surface area (Å²) < 4.78 is 40.2. The summed E-state index contributed by atoms with van der Waals surface area (Å²) in [5, 5.41) is 10.5. The third-order valence-corrected chi connectivity index (χ3v) is 6.58. The van der Waals surface area contributed by atoms with Crippen molar-refractivity contribution in [2.45, 2.75) is 32.0 Å². The van der Waals surface area contributed by atoms with Crippen molar-refractivity contribution in [3.05, 3.63) is 47.9 Å². The van der Waals surface area contributed by atoms with Gasteiger partial charge in [-0.1, -0.05) is 0 Å². The molecule has 0 bridgehead atoms. The molecule has 7 nitrogen and oxygen atoms in total. The first kappa shape index (κ1) is 20.7. The first-order valence-corrected chi connectivity index (χ1v) is 11.1. The van der Waals surface area contributed by atoms with Crippen molar-refractivity contribution in [1.29, 1.82) is 0 Å². The maximum absolute atomic E-state index is 11.9. The van der Waals surface area contributed by atoms with Crippen LogP contribution in [0.2, 0.25) is 0 Å². The Hall–Kier alpha value is -2.03. The summed E-state index contributed by atoms with van der Waals surface area (Å²) >= 11 is 0. The molecule has 0 saturated carbocycles. The third-order valence-electron chi connectivity index (χ3n) is 4.83. The molecular weight excluding hydrogens is 382 g/mol. The largest absolute Gasteiger partial charge is 0.497 e. The molecule has 8 heteroatoms. The second-order valence-electron chi connectivity index (χ2n) is 7.14. The van der Waals surface area contributed by atoms with Gasteiger partial charge in [-0.05, 0) is 49.7 Å². The monoisotopic (exact) mass is 409 g/mol. The minimum atomic E-state index is -3.02. The Balaban J connectivity index is 1.60. The Morgan fingerprint density at radius 3 is 2.50 bits per heavy atom. The van der Waals surface area contributed by atoms with Gasteiger partial charge in [0.1, 0.15) is 35.7 Å². The smallest absolute Gasteiger partial charge is 0.151 e. The Labute approximate surface area is 165 Å². The van der Waals surface area contributed by atoms with Crippen LogP contribution in [0.15, 0.2) is 40.8 Å². The standard InChI is InChI=1S/C20H27NO6S/c1-15-3-4-20(27-15)12-21(16-9-10-28(23,24)14-16)11-17(22)13-26-19-7-5-18(25-2)6-8-19/h3-8,16-17,22H,9-14H2,1-2H3. The van der Waals surface area contributed by atoms with E-state index in [2.05, 4.69) is 0 Å². The summed E-state index contributed by atoms with van der Waals surface area (Å²) in [6, 6.07) is 10.8. The Morgan fingerprint density at radius 1 is 1.21 bits per heavy atom. The number of hydrogen-bond acceptors (Lipinski definition) is 7. The lowest BCUT2D eigenvalue weighted by atomic mass is 10.2. The normalized spacial score (nSPS) is 19.6. The average molecular weight is 410 g/mol. The van der Waals surface area contributed by atoms with E-state index in [1.54, 1.807) is 31.4 Å². The second kappa shape index (κ2) is 8.98. The zero-order valence-electron chi connectivity index (χ0n) is 16.2. The summed E-state index contributed by atoms with van der Waals surface area (Å²) in [5.41, 5.74) is 0. The zero-order chi connectivity index (χ0) is 20.1. The molecule has 2 unspecified atom stereocenters. The fourth-order valence-corrected chi connectivity index (χ4v) is 5.13. The number of aliphatic hydroxyl groups excluding tert-OH is 1. The lowest BCUT2D eigenvalue weighted by molar-refractivity contribution is 0.0496. The number of sulfone groups is 1. The van der Waals surface area contributed by atoms with Gasteiger partial charge < -0.3 is 19.0 Å². The lowest BCUT2D eigenvalue weighted by Gasteiger charge is -2.29. The molecule has 1 aromatic carbocycles. The van der Waals surface area contributed by atoms with E-state index in [1.807, 2.05) is 24.0 Å². The summed E-state index contributed by atoms with van der Waals surface area (Å²) in [6.07, 6.45) is -0.199. The van der Waals surface area contributed by atoms with Crippen LogP contribution in [-0.4, -0.2) is 62.3 Å². The molecule has 1 aromatic heterocycles. The second-order valence-corrected chi connectivity index (χ2v) is 9.37. The van der Waals surface area contributed by atoms with E-state index in [0.717, 1.165) is 17.3 Å². The molecule has 3 rings (SSSR count). The molecule has 0 radical (unpaired) electrons. The minimum Gasteiger partial charge on any atom is -0.497 e. The fraction of sp³-hybridized carbons (Fsp3) is 0.500. The highest BCUT2D eigenvalue weighted by Gasteiger charge is 2.33. The number of aliphatic hydroxyl groups is 1. The van der Waals surface area contributed by atoms with E-state index in [0.29, 0.717) is 25.3 Å². The van der Waals surface area contributed by atoms with Gasteiger partial charge in [-0.15, -0.1) is 0 Å². The van der Waals surface area contributed by atoms with Crippen molar-refractivity contribution in [1.82, 2.24) is 4.90 Å². The van der Waals surface area contributed by atoms with Crippen molar-refractivity contribution in [2.24, 2.45) is 0 Å². The van der Waals surface area contributed by atoms with Crippen molar-refractivity contribution in [2.75, 3.05) is 31.8 Å². The Kier molecular flexibility index (Phi) is 6.64. The van der Waals surface area contributed by atoms with E-state index in [-0.39, 0.29) is 24.2 Å². The Bertz CT molecular complexity index is 861. The molecule has 28 heavy (non-hydrogen) atoms. The molecule has 1 aliphatic rings. The molecule has 1 aliphatic heterocycles. The van der Waals surface area contributed by atoms with Gasteiger partial charge in [-0.2, -0.15) is 0 Å². The van der Waals surface area contributed by atoms with Crippen LogP contribution in [0, 0.1) is 6.92 Å². The maximum atomic E-state index is 11.9. The number of methoxy groups -OCH3 is 1. The molecule has 154 valence electrons. The molecule has 2 atom stereocenters. The fourth-order valence-electron chi connectivity index (χ4n) is 3.36. The number of nitrogens with zero attached hydrogens (tertiary/aromatic N) is 1. The van der Waals surface area contributed by atoms with E-state index >= 15 is 0 Å². The molecule has 1 fully saturated rings. The number of benzene rings is 1. The van der Waals surface area contributed by atoms with Gasteiger partial charge in [0.05, 0.1) is 25.2 Å². The summed E-state index contributed by atoms with van der Waals surface area (Å²) in [6.45, 7) is 2.73. The van der Waals surface area contributed by atoms with Crippen LogP contribution in [0.5, 0.6) is 11.5 Å². The summed E-state index contributed by atoms with van der Waals surface area (Å²) in [5.74, 6) is 3.22. The van der Waals surface area contributed by atoms with E-state index in [1.165, 1.54) is 0 Å². The number of furan rings is 1. The van der Waals surface area contributed by atoms with Crippen LogP contribution in [0.25, 0.3) is 0 Å². The number of hydrogen-bond donors (Lipinski definition) is 1. The molecule has 1 N–H and O–H groups in total. The van der Waals surface area contributed by atoms with Crippen molar-refractivity contribution in [3.8, 4) is 11.5 Å². The highest BCUT2D eigenvalue weighted by Crippen LogP contribution is 2.22. The van der Waals surface area contributed by atoms with Crippen LogP contribution in [0.3, 0.4) is 0 Å². The molecule has 2 heterocycles. The third kappa shape index (κ3) is 5.73. The first-order chi connectivity index (χ1) is 13.3. The minimum absolute atomic E-state index is 0.110. The predicted octanol–water partition coefficient (Wildman–Crippen LogP) is 2.03. The van der Waals surface area contributed by atoms with Gasteiger partial charge in [0, 0.05) is 12.6 Å². The molecule has 2 aromatic rings. The Morgan fingerprint density at radius 2 is 1.93 bits per heavy atom. The van der Waals surface area contributed by atoms with E-state index in [9.17, 15) is 13.5 Å². The SMILES string of the molecule is COc1ccc(OCC(O)CN(Cc2ccc(C)o2)C2CCS(=O)(=O)C2)cc1. The van der Waals surface area contributed by atoms with Crippen molar-refractivity contribution in [3.63, 3.8) is 0 Å². The van der Waals surface area contributed by atoms with Crippen molar-refractivity contribution >= 4 is 9.84 Å². The van der Waals surface area contributed by atoms with Crippen molar-refractivity contribution < 1.29 is 27.4 Å². The van der Waals surface area contributed by atoms with Gasteiger partial charge in [-0.25, -0.2) is 8.42 Å². The highest BCUT2D eigenvalue weighted by molar-refractivity contribution is 7.91. The molecule has 1 saturated heterocycles. The van der Waals surface area contributed by atoms with Crippen LogP contribution < -0.4 is 9.47 Å². The zero-order valence-corrected chi connectivity index (χ0v) is 17.0. The molecule has 0 spiro atoms. The van der Waals surface area contributed by atoms with Gasteiger partial charge in [-0.3, -0.25) is 4.90 Å². The quantitative estimate of drug-likeness (QED) is 0.678. The highest BCUT2D eigenvalue weighted by atomic mass is 32.2. The summed E-state index contributed by atoms with van der Waals surface area (Å²) in [7, 11) is -1.43. The predicted molar refractivity (Wildman–Crippen MR) is 105 cm³/mol. The van der Waals surface area contributed by atoms with Gasteiger partial charge in [0.2, 0.25) is 0 Å². The molecule has 0 amide bonds. The molecular formula is C20H27NO6S. The van der Waals surface area contributed by atoms with Crippen LogP contribution in [0.1, 0.15) is 17.9 Å². The topological polar surface area (TPSA) is 89.2 Å². The lowest BCUT2D eigenvalue weighted by Crippen LogP contribution is -2.42. The number of ether oxygens (including phenoxy) is 2. The maximum Gasteiger partial charge on any atom is 0.151 e. The average Bonchev–Trinajstić information content (AvgIpc) is 3.24. The summed E-state index contributed by atoms with van der Waals surface area (Å²) in [4.78, 5) is 1.98. The number of rotatable bonds is 9. The van der Waals surface area contributed by atoms with Crippen LogP contribution in [0.4, 0.5) is 0 Å². The van der Waals surface area contributed by atoms with Gasteiger partial charge in [0.15, 0.2) is 9.84 Å². The van der Waals surface area contributed by atoms with E-state index in [4.69, 9.17) is 13.9 Å². The first-order valence-electron chi connectivity index (χ1n) is 9.29. The van der Waals surface area contributed by atoms with E-state index < -0.39 is 15.9 Å². The van der Waals surface area contributed by atoms with Gasteiger partial charge in [0.25, 0.3) is 0 Å². The van der Waals surface area contributed by atoms with Gasteiger partial charge >= 0.3 is 0 Å². The van der Waals surface area contributed by atoms with Crippen LogP contribution in [-0.2, 0) is 16.4 Å².